The smallest absolute Gasteiger partial charge is 0.239 e. The Morgan fingerprint density at radius 1 is 1.28 bits per heavy atom. The summed E-state index contributed by atoms with van der Waals surface area (Å²) in [6.45, 7) is 6.50. The zero-order chi connectivity index (χ0) is 18.2. The molecular formula is C17H29IN4O3. The molecule has 1 aromatic rings. The van der Waals surface area contributed by atoms with E-state index < -0.39 is 0 Å². The lowest BCUT2D eigenvalue weighted by Gasteiger charge is -2.21. The van der Waals surface area contributed by atoms with Crippen LogP contribution in [0, 0.1) is 0 Å². The van der Waals surface area contributed by atoms with E-state index in [9.17, 15) is 9.90 Å². The van der Waals surface area contributed by atoms with Crippen molar-refractivity contribution in [3.05, 3.63) is 23.8 Å². The Morgan fingerprint density at radius 3 is 2.48 bits per heavy atom. The molecule has 7 nitrogen and oxygen atoms in total. The van der Waals surface area contributed by atoms with Crippen molar-refractivity contribution in [3.8, 4) is 11.5 Å². The van der Waals surface area contributed by atoms with Crippen LogP contribution in [-0.4, -0.2) is 49.8 Å². The molecule has 142 valence electrons. The first-order chi connectivity index (χ1) is 11.2. The quantitative estimate of drug-likeness (QED) is 0.292. The monoisotopic (exact) mass is 464 g/mol. The van der Waals surface area contributed by atoms with Gasteiger partial charge in [-0.2, -0.15) is 0 Å². The molecule has 0 heterocycles. The van der Waals surface area contributed by atoms with Crippen molar-refractivity contribution in [2.75, 3.05) is 27.2 Å². The van der Waals surface area contributed by atoms with Gasteiger partial charge in [0.2, 0.25) is 5.91 Å². The number of guanidine groups is 1. The highest BCUT2D eigenvalue weighted by molar-refractivity contribution is 14.0. The molecule has 1 amide bonds. The summed E-state index contributed by atoms with van der Waals surface area (Å²) < 4.78 is 5.06. The number of benzene rings is 1. The number of hydrogen-bond acceptors (Lipinski definition) is 4. The predicted molar refractivity (Wildman–Crippen MR) is 111 cm³/mol. The lowest BCUT2D eigenvalue weighted by atomic mass is 10.1. The first-order valence-corrected chi connectivity index (χ1v) is 7.86. The molecule has 0 aliphatic carbocycles. The van der Waals surface area contributed by atoms with Crippen LogP contribution in [0.5, 0.6) is 11.5 Å². The third kappa shape index (κ3) is 9.37. The van der Waals surface area contributed by atoms with Crippen LogP contribution < -0.4 is 20.7 Å². The van der Waals surface area contributed by atoms with Crippen LogP contribution in [0.4, 0.5) is 0 Å². The van der Waals surface area contributed by atoms with Crippen molar-refractivity contribution in [1.82, 2.24) is 16.0 Å². The number of methoxy groups -OCH3 is 1. The van der Waals surface area contributed by atoms with E-state index in [2.05, 4.69) is 20.9 Å². The second-order valence-corrected chi connectivity index (χ2v) is 6.40. The minimum atomic E-state index is -0.262. The number of ether oxygens (including phenoxy) is 1. The zero-order valence-corrected chi connectivity index (χ0v) is 17.8. The summed E-state index contributed by atoms with van der Waals surface area (Å²) in [5.41, 5.74) is 0.547. The summed E-state index contributed by atoms with van der Waals surface area (Å²) in [4.78, 5) is 15.8. The first-order valence-electron chi connectivity index (χ1n) is 7.86. The Hall–Kier alpha value is -1.71. The van der Waals surface area contributed by atoms with Crippen LogP contribution >= 0.6 is 24.0 Å². The van der Waals surface area contributed by atoms with E-state index in [0.29, 0.717) is 24.7 Å². The molecule has 0 aromatic heterocycles. The van der Waals surface area contributed by atoms with Crippen LogP contribution in [0.25, 0.3) is 0 Å². The number of rotatable bonds is 6. The molecule has 1 rings (SSSR count). The van der Waals surface area contributed by atoms with Crippen LogP contribution in [0.2, 0.25) is 0 Å². The third-order valence-electron chi connectivity index (χ3n) is 3.13. The van der Waals surface area contributed by atoms with Gasteiger partial charge in [0, 0.05) is 25.2 Å². The molecule has 0 bridgehead atoms. The number of aromatic hydroxyl groups is 1. The van der Waals surface area contributed by atoms with Crippen LogP contribution in [-0.2, 0) is 11.2 Å². The summed E-state index contributed by atoms with van der Waals surface area (Å²) >= 11 is 0. The minimum absolute atomic E-state index is 0. The molecule has 0 saturated carbocycles. The molecule has 0 spiro atoms. The van der Waals surface area contributed by atoms with Crippen LogP contribution in [0.3, 0.4) is 0 Å². The van der Waals surface area contributed by atoms with Crippen molar-refractivity contribution in [3.63, 3.8) is 0 Å². The van der Waals surface area contributed by atoms with Gasteiger partial charge in [-0.05, 0) is 38.8 Å². The highest BCUT2D eigenvalue weighted by atomic mass is 127. The van der Waals surface area contributed by atoms with E-state index >= 15 is 0 Å². The molecule has 25 heavy (non-hydrogen) atoms. The minimum Gasteiger partial charge on any atom is -0.508 e. The Bertz CT molecular complexity index is 586. The fraction of sp³-hybridized carbons (Fsp3) is 0.529. The van der Waals surface area contributed by atoms with Gasteiger partial charge in [-0.1, -0.05) is 6.07 Å². The number of nitrogens with zero attached hydrogens (tertiary/aromatic N) is 1. The molecule has 4 N–H and O–H groups in total. The van der Waals surface area contributed by atoms with Gasteiger partial charge in [0.25, 0.3) is 0 Å². The van der Waals surface area contributed by atoms with Crippen molar-refractivity contribution in [2.45, 2.75) is 32.7 Å². The van der Waals surface area contributed by atoms with Crippen molar-refractivity contribution in [2.24, 2.45) is 4.99 Å². The standard InChI is InChI=1S/C17H28N4O3.HI/c1-17(2,3)21-15(23)11-20-16(18-4)19-9-8-12-6-7-13(24-5)10-14(12)22;/h6-7,10,22H,8-9,11H2,1-5H3,(H,21,23)(H2,18,19,20);1H. The molecule has 1 aromatic carbocycles. The number of aliphatic imine (C=N–C) groups is 1. The second-order valence-electron chi connectivity index (χ2n) is 6.40. The summed E-state index contributed by atoms with van der Waals surface area (Å²) in [7, 11) is 3.20. The SMILES string of the molecule is CN=C(NCCc1ccc(OC)cc1O)NCC(=O)NC(C)(C)C.I. The van der Waals surface area contributed by atoms with Gasteiger partial charge >= 0.3 is 0 Å². The molecule has 0 saturated heterocycles. The lowest BCUT2D eigenvalue weighted by Crippen LogP contribution is -2.48. The van der Waals surface area contributed by atoms with Gasteiger partial charge in [0.05, 0.1) is 13.7 Å². The van der Waals surface area contributed by atoms with Gasteiger partial charge in [0.1, 0.15) is 11.5 Å². The van der Waals surface area contributed by atoms with Gasteiger partial charge < -0.3 is 25.8 Å². The number of phenolic OH excluding ortho intramolecular Hbond substituents is 1. The number of hydrogen-bond donors (Lipinski definition) is 4. The van der Waals surface area contributed by atoms with E-state index in [-0.39, 0.29) is 47.7 Å². The van der Waals surface area contributed by atoms with Crippen molar-refractivity contribution >= 4 is 35.8 Å². The largest absolute Gasteiger partial charge is 0.508 e. The van der Waals surface area contributed by atoms with E-state index in [1.807, 2.05) is 26.8 Å². The molecule has 0 unspecified atom stereocenters. The maximum absolute atomic E-state index is 11.8. The average molecular weight is 464 g/mol. The van der Waals surface area contributed by atoms with E-state index in [0.717, 1.165) is 5.56 Å². The molecule has 0 fully saturated rings. The molecule has 0 aliphatic rings. The van der Waals surface area contributed by atoms with Gasteiger partial charge in [-0.15, -0.1) is 24.0 Å². The van der Waals surface area contributed by atoms with E-state index in [1.165, 1.54) is 0 Å². The predicted octanol–water partition coefficient (Wildman–Crippen LogP) is 1.64. The van der Waals surface area contributed by atoms with Crippen LogP contribution in [0.1, 0.15) is 26.3 Å². The fourth-order valence-corrected chi connectivity index (χ4v) is 2.04. The molecule has 0 radical (unpaired) electrons. The molecular weight excluding hydrogens is 435 g/mol. The Kier molecular flexibility index (Phi) is 10.3. The van der Waals surface area contributed by atoms with E-state index in [4.69, 9.17) is 4.74 Å². The number of nitrogens with one attached hydrogen (secondary N) is 3. The van der Waals surface area contributed by atoms with Gasteiger partial charge in [-0.3, -0.25) is 9.79 Å². The number of phenols is 1. The summed E-state index contributed by atoms with van der Waals surface area (Å²) in [5.74, 6) is 1.25. The zero-order valence-electron chi connectivity index (χ0n) is 15.5. The number of carbonyl (C=O) groups excluding carboxylic acids is 1. The summed E-state index contributed by atoms with van der Waals surface area (Å²) in [6.07, 6.45) is 0.616. The Labute approximate surface area is 166 Å². The first kappa shape index (κ1) is 23.3. The number of amides is 1. The van der Waals surface area contributed by atoms with Crippen LogP contribution in [0.15, 0.2) is 23.2 Å². The molecule has 0 aliphatic heterocycles. The summed E-state index contributed by atoms with van der Waals surface area (Å²) in [5, 5.41) is 18.9. The lowest BCUT2D eigenvalue weighted by molar-refractivity contribution is -0.121. The third-order valence-corrected chi connectivity index (χ3v) is 3.13. The number of carbonyl (C=O) groups is 1. The van der Waals surface area contributed by atoms with E-state index in [1.54, 1.807) is 26.3 Å². The molecule has 0 atom stereocenters. The summed E-state index contributed by atoms with van der Waals surface area (Å²) in [6, 6.07) is 5.21. The normalized spacial score (nSPS) is 11.3. The maximum atomic E-state index is 11.8. The van der Waals surface area contributed by atoms with Crippen molar-refractivity contribution < 1.29 is 14.6 Å². The average Bonchev–Trinajstić information content (AvgIpc) is 2.50. The maximum Gasteiger partial charge on any atom is 0.239 e. The Morgan fingerprint density at radius 2 is 1.96 bits per heavy atom. The fourth-order valence-electron chi connectivity index (χ4n) is 2.04. The molecule has 8 heteroatoms. The Balaban J connectivity index is 0.00000576. The van der Waals surface area contributed by atoms with Gasteiger partial charge in [0.15, 0.2) is 5.96 Å². The second kappa shape index (κ2) is 11.0. The number of halogens is 1. The topological polar surface area (TPSA) is 95.0 Å². The van der Waals surface area contributed by atoms with Gasteiger partial charge in [-0.25, -0.2) is 0 Å². The van der Waals surface area contributed by atoms with Crippen molar-refractivity contribution in [1.29, 1.82) is 0 Å². The highest BCUT2D eigenvalue weighted by Crippen LogP contribution is 2.23. The highest BCUT2D eigenvalue weighted by Gasteiger charge is 2.13.